The number of carbonyl (C=O) groups is 1. The molecular formula is C14H15NO6S2. The van der Waals surface area contributed by atoms with Crippen molar-refractivity contribution in [1.82, 2.24) is 0 Å². The van der Waals surface area contributed by atoms with Crippen LogP contribution in [0.25, 0.3) is 0 Å². The standard InChI is InChI=1S/C14H15NO6S2/c1-19-11-5-4-9(8-12(11)20-2)23(17,18)15-10-6-7-22-13(10)14(16)21-3/h4-8,15H,1-3H3. The predicted octanol–water partition coefficient (Wildman–Crippen LogP) is 2.35. The molecule has 0 fully saturated rings. The minimum atomic E-state index is -3.89. The molecule has 1 heterocycles. The zero-order valence-corrected chi connectivity index (χ0v) is 14.3. The molecule has 0 saturated carbocycles. The van der Waals surface area contributed by atoms with Crippen LogP contribution >= 0.6 is 11.3 Å². The monoisotopic (exact) mass is 357 g/mol. The molecule has 0 unspecified atom stereocenters. The molecule has 0 radical (unpaired) electrons. The Bertz CT molecular complexity index is 812. The lowest BCUT2D eigenvalue weighted by Crippen LogP contribution is -2.15. The van der Waals surface area contributed by atoms with Gasteiger partial charge in [0, 0.05) is 6.07 Å². The van der Waals surface area contributed by atoms with E-state index in [2.05, 4.69) is 9.46 Å². The van der Waals surface area contributed by atoms with Gasteiger partial charge in [0.1, 0.15) is 4.88 Å². The number of methoxy groups -OCH3 is 3. The van der Waals surface area contributed by atoms with Crippen LogP contribution in [0, 0.1) is 0 Å². The number of rotatable bonds is 6. The van der Waals surface area contributed by atoms with Crippen molar-refractivity contribution in [2.75, 3.05) is 26.1 Å². The number of anilines is 1. The van der Waals surface area contributed by atoms with E-state index in [4.69, 9.17) is 9.47 Å². The Morgan fingerprint density at radius 3 is 2.39 bits per heavy atom. The van der Waals surface area contributed by atoms with Crippen molar-refractivity contribution in [3.63, 3.8) is 0 Å². The Labute approximate surface area is 137 Å². The molecule has 1 aromatic carbocycles. The maximum atomic E-state index is 12.5. The largest absolute Gasteiger partial charge is 0.493 e. The molecule has 0 aliphatic heterocycles. The molecule has 23 heavy (non-hydrogen) atoms. The number of thiophene rings is 1. The van der Waals surface area contributed by atoms with Crippen LogP contribution in [-0.4, -0.2) is 35.7 Å². The number of ether oxygens (including phenoxy) is 3. The lowest BCUT2D eigenvalue weighted by atomic mass is 10.3. The van der Waals surface area contributed by atoms with Gasteiger partial charge in [-0.1, -0.05) is 0 Å². The number of benzene rings is 1. The van der Waals surface area contributed by atoms with Crippen molar-refractivity contribution in [3.05, 3.63) is 34.5 Å². The van der Waals surface area contributed by atoms with Crippen LogP contribution in [0.2, 0.25) is 0 Å². The number of esters is 1. The van der Waals surface area contributed by atoms with Gasteiger partial charge in [-0.05, 0) is 23.6 Å². The first-order valence-corrected chi connectivity index (χ1v) is 8.70. The van der Waals surface area contributed by atoms with Gasteiger partial charge in [0.25, 0.3) is 10.0 Å². The summed E-state index contributed by atoms with van der Waals surface area (Å²) in [4.78, 5) is 11.8. The second kappa shape index (κ2) is 6.88. The Morgan fingerprint density at radius 1 is 1.09 bits per heavy atom. The molecule has 0 bridgehead atoms. The Morgan fingerprint density at radius 2 is 1.78 bits per heavy atom. The maximum absolute atomic E-state index is 12.5. The summed E-state index contributed by atoms with van der Waals surface area (Å²) in [5, 5.41) is 1.60. The van der Waals surface area contributed by atoms with Crippen LogP contribution in [-0.2, 0) is 14.8 Å². The lowest BCUT2D eigenvalue weighted by molar-refractivity contribution is 0.0607. The molecule has 9 heteroatoms. The highest BCUT2D eigenvalue weighted by Crippen LogP contribution is 2.31. The van der Waals surface area contributed by atoms with Gasteiger partial charge in [-0.2, -0.15) is 0 Å². The third-order valence-electron chi connectivity index (χ3n) is 2.95. The normalized spacial score (nSPS) is 10.9. The minimum absolute atomic E-state index is 0.0165. The summed E-state index contributed by atoms with van der Waals surface area (Å²) in [5.74, 6) is 0.0936. The minimum Gasteiger partial charge on any atom is -0.493 e. The number of sulfonamides is 1. The smallest absolute Gasteiger partial charge is 0.350 e. The molecule has 1 N–H and O–H groups in total. The molecule has 0 atom stereocenters. The van der Waals surface area contributed by atoms with Gasteiger partial charge in [-0.15, -0.1) is 11.3 Å². The highest BCUT2D eigenvalue weighted by Gasteiger charge is 2.21. The highest BCUT2D eigenvalue weighted by molar-refractivity contribution is 7.92. The van der Waals surface area contributed by atoms with Gasteiger partial charge in [0.15, 0.2) is 11.5 Å². The van der Waals surface area contributed by atoms with Crippen molar-refractivity contribution in [2.45, 2.75) is 4.90 Å². The van der Waals surface area contributed by atoms with E-state index in [0.29, 0.717) is 5.75 Å². The second-order valence-corrected chi connectivity index (χ2v) is 6.88. The number of nitrogens with one attached hydrogen (secondary N) is 1. The molecule has 7 nitrogen and oxygen atoms in total. The fourth-order valence-electron chi connectivity index (χ4n) is 1.83. The molecule has 0 aliphatic rings. The van der Waals surface area contributed by atoms with Crippen LogP contribution in [0.5, 0.6) is 11.5 Å². The zero-order valence-electron chi connectivity index (χ0n) is 12.7. The first-order valence-electron chi connectivity index (χ1n) is 6.33. The van der Waals surface area contributed by atoms with E-state index in [-0.39, 0.29) is 21.2 Å². The number of hydrogen-bond acceptors (Lipinski definition) is 7. The molecule has 124 valence electrons. The first-order chi connectivity index (χ1) is 10.9. The number of carbonyl (C=O) groups excluding carboxylic acids is 1. The van der Waals surface area contributed by atoms with Gasteiger partial charge in [0.2, 0.25) is 0 Å². The Balaban J connectivity index is 2.37. The van der Waals surface area contributed by atoms with Crippen LogP contribution in [0.1, 0.15) is 9.67 Å². The van der Waals surface area contributed by atoms with Crippen molar-refractivity contribution in [1.29, 1.82) is 0 Å². The third kappa shape index (κ3) is 3.57. The fourth-order valence-corrected chi connectivity index (χ4v) is 3.75. The van der Waals surface area contributed by atoms with Crippen molar-refractivity contribution in [3.8, 4) is 11.5 Å². The van der Waals surface area contributed by atoms with E-state index in [1.807, 2.05) is 0 Å². The van der Waals surface area contributed by atoms with Crippen LogP contribution in [0.15, 0.2) is 34.5 Å². The second-order valence-electron chi connectivity index (χ2n) is 4.28. The van der Waals surface area contributed by atoms with Crippen LogP contribution in [0.3, 0.4) is 0 Å². The highest BCUT2D eigenvalue weighted by atomic mass is 32.2. The summed E-state index contributed by atoms with van der Waals surface area (Å²) < 4.78 is 42.1. The molecular weight excluding hydrogens is 342 g/mol. The van der Waals surface area contributed by atoms with Crippen molar-refractivity contribution < 1.29 is 27.4 Å². The zero-order chi connectivity index (χ0) is 17.0. The summed E-state index contributed by atoms with van der Waals surface area (Å²) >= 11 is 1.09. The van der Waals surface area contributed by atoms with E-state index in [9.17, 15) is 13.2 Å². The maximum Gasteiger partial charge on any atom is 0.350 e. The van der Waals surface area contributed by atoms with E-state index in [0.717, 1.165) is 11.3 Å². The van der Waals surface area contributed by atoms with Gasteiger partial charge >= 0.3 is 5.97 Å². The Kier molecular flexibility index (Phi) is 5.12. The summed E-state index contributed by atoms with van der Waals surface area (Å²) in [6, 6.07) is 5.71. The first kappa shape index (κ1) is 17.1. The van der Waals surface area contributed by atoms with E-state index < -0.39 is 16.0 Å². The van der Waals surface area contributed by atoms with Gasteiger partial charge < -0.3 is 14.2 Å². The fraction of sp³-hybridized carbons (Fsp3) is 0.214. The molecule has 0 saturated heterocycles. The lowest BCUT2D eigenvalue weighted by Gasteiger charge is -2.11. The van der Waals surface area contributed by atoms with Gasteiger partial charge in [-0.25, -0.2) is 13.2 Å². The number of hydrogen-bond donors (Lipinski definition) is 1. The van der Waals surface area contributed by atoms with E-state index in [1.54, 1.807) is 5.38 Å². The van der Waals surface area contributed by atoms with E-state index >= 15 is 0 Å². The summed E-state index contributed by atoms with van der Waals surface area (Å²) in [6.45, 7) is 0. The predicted molar refractivity (Wildman–Crippen MR) is 86.0 cm³/mol. The van der Waals surface area contributed by atoms with E-state index in [1.165, 1.54) is 45.6 Å². The molecule has 2 rings (SSSR count). The van der Waals surface area contributed by atoms with Gasteiger partial charge in [0.05, 0.1) is 31.9 Å². The SMILES string of the molecule is COC(=O)c1sccc1NS(=O)(=O)c1ccc(OC)c(OC)c1. The molecule has 0 amide bonds. The topological polar surface area (TPSA) is 90.9 Å². The van der Waals surface area contributed by atoms with Crippen LogP contribution in [0.4, 0.5) is 5.69 Å². The third-order valence-corrected chi connectivity index (χ3v) is 5.20. The van der Waals surface area contributed by atoms with Crippen molar-refractivity contribution >= 4 is 33.0 Å². The molecule has 2 aromatic rings. The molecule has 1 aromatic heterocycles. The van der Waals surface area contributed by atoms with Crippen molar-refractivity contribution in [2.24, 2.45) is 0 Å². The summed E-state index contributed by atoms with van der Waals surface area (Å²) in [7, 11) is 0.208. The van der Waals surface area contributed by atoms with Gasteiger partial charge in [-0.3, -0.25) is 4.72 Å². The summed E-state index contributed by atoms with van der Waals surface area (Å²) in [5.41, 5.74) is 0.164. The molecule has 0 spiro atoms. The summed E-state index contributed by atoms with van der Waals surface area (Å²) in [6.07, 6.45) is 0. The van der Waals surface area contributed by atoms with Crippen LogP contribution < -0.4 is 14.2 Å². The quantitative estimate of drug-likeness (QED) is 0.798. The average Bonchev–Trinajstić information content (AvgIpc) is 3.00. The Hall–Kier alpha value is -2.26. The average molecular weight is 357 g/mol. The molecule has 0 aliphatic carbocycles.